The number of rotatable bonds is 8. The molecule has 0 saturated carbocycles. The fourth-order valence-corrected chi connectivity index (χ4v) is 4.92. The summed E-state index contributed by atoms with van der Waals surface area (Å²) in [6.45, 7) is 1.65. The number of carbonyl (C=O) groups is 1. The molecule has 3 rings (SSSR count). The van der Waals surface area contributed by atoms with Crippen LogP contribution in [0.1, 0.15) is 13.3 Å². The van der Waals surface area contributed by atoms with Crippen LogP contribution in [0.5, 0.6) is 0 Å². The van der Waals surface area contributed by atoms with E-state index < -0.39 is 26.9 Å². The molecule has 0 aliphatic rings. The van der Waals surface area contributed by atoms with Gasteiger partial charge in [-0.05, 0) is 12.5 Å². The number of nitro groups is 1. The first kappa shape index (κ1) is 22.3. The van der Waals surface area contributed by atoms with E-state index in [1.807, 2.05) is 30.3 Å². The van der Waals surface area contributed by atoms with Crippen molar-refractivity contribution in [1.82, 2.24) is 10.2 Å². The summed E-state index contributed by atoms with van der Waals surface area (Å²) in [7, 11) is -3.93. The van der Waals surface area contributed by atoms with Crippen molar-refractivity contribution in [3.05, 3.63) is 64.7 Å². The van der Waals surface area contributed by atoms with Crippen LogP contribution in [0, 0.1) is 10.1 Å². The van der Waals surface area contributed by atoms with E-state index in [2.05, 4.69) is 15.5 Å². The van der Waals surface area contributed by atoms with Crippen LogP contribution in [0.4, 0.5) is 16.5 Å². The molecular formula is C19H19N5O5S2. The first-order valence-electron chi connectivity index (χ1n) is 9.14. The van der Waals surface area contributed by atoms with Crippen LogP contribution in [0.15, 0.2) is 54.6 Å². The monoisotopic (exact) mass is 461 g/mol. The molecule has 31 heavy (non-hydrogen) atoms. The number of non-ortho nitro benzene ring substituents is 1. The number of carbonyl (C=O) groups excluding carboxylic acids is 1. The van der Waals surface area contributed by atoms with Crippen molar-refractivity contribution in [3.8, 4) is 10.6 Å². The zero-order valence-corrected chi connectivity index (χ0v) is 18.3. The molecule has 1 N–H and O–H groups in total. The van der Waals surface area contributed by atoms with Gasteiger partial charge in [0.15, 0.2) is 0 Å². The van der Waals surface area contributed by atoms with Gasteiger partial charge in [-0.1, -0.05) is 54.7 Å². The normalized spacial score (nSPS) is 12.2. The number of amides is 1. The Labute approximate surface area is 182 Å². The van der Waals surface area contributed by atoms with Crippen molar-refractivity contribution < 1.29 is 18.1 Å². The molecule has 3 aromatic rings. The quantitative estimate of drug-likeness (QED) is 0.401. The fraction of sp³-hybridized carbons (Fsp3) is 0.211. The molecule has 1 aromatic heterocycles. The van der Waals surface area contributed by atoms with Crippen molar-refractivity contribution in [2.75, 3.05) is 15.9 Å². The van der Waals surface area contributed by atoms with E-state index in [1.54, 1.807) is 6.92 Å². The molecule has 0 saturated heterocycles. The van der Waals surface area contributed by atoms with E-state index in [4.69, 9.17) is 0 Å². The molecule has 10 nitrogen and oxygen atoms in total. The van der Waals surface area contributed by atoms with E-state index in [1.165, 1.54) is 18.2 Å². The number of aromatic nitrogens is 2. The van der Waals surface area contributed by atoms with Crippen LogP contribution in [0.25, 0.3) is 10.6 Å². The predicted octanol–water partition coefficient (Wildman–Crippen LogP) is 3.30. The lowest BCUT2D eigenvalue weighted by Gasteiger charge is -2.29. The largest absolute Gasteiger partial charge is 0.299 e. The average Bonchev–Trinajstić information content (AvgIpc) is 3.20. The summed E-state index contributed by atoms with van der Waals surface area (Å²) in [5.41, 5.74) is 0.584. The van der Waals surface area contributed by atoms with E-state index >= 15 is 0 Å². The number of nitrogens with zero attached hydrogens (tertiary/aromatic N) is 4. The smallest absolute Gasteiger partial charge is 0.271 e. The van der Waals surface area contributed by atoms with Crippen LogP contribution in [-0.4, -0.2) is 41.7 Å². The highest BCUT2D eigenvalue weighted by Crippen LogP contribution is 2.29. The van der Waals surface area contributed by atoms with Gasteiger partial charge in [-0.15, -0.1) is 10.2 Å². The maximum Gasteiger partial charge on any atom is 0.271 e. The lowest BCUT2D eigenvalue weighted by Crippen LogP contribution is -2.47. The molecule has 1 atom stereocenters. The minimum Gasteiger partial charge on any atom is -0.299 e. The van der Waals surface area contributed by atoms with Crippen molar-refractivity contribution in [1.29, 1.82) is 0 Å². The Kier molecular flexibility index (Phi) is 6.61. The highest BCUT2D eigenvalue weighted by molar-refractivity contribution is 7.92. The topological polar surface area (TPSA) is 135 Å². The van der Waals surface area contributed by atoms with E-state index in [0.29, 0.717) is 5.01 Å². The van der Waals surface area contributed by atoms with Gasteiger partial charge in [-0.2, -0.15) is 0 Å². The Morgan fingerprint density at radius 2 is 1.90 bits per heavy atom. The zero-order valence-electron chi connectivity index (χ0n) is 16.6. The third kappa shape index (κ3) is 5.22. The number of nitro benzene ring substituents is 1. The maximum absolute atomic E-state index is 13.0. The molecular weight excluding hydrogens is 442 g/mol. The number of nitrogens with one attached hydrogen (secondary N) is 1. The van der Waals surface area contributed by atoms with Gasteiger partial charge in [0.05, 0.1) is 16.9 Å². The maximum atomic E-state index is 13.0. The molecule has 0 fully saturated rings. The Morgan fingerprint density at radius 3 is 2.52 bits per heavy atom. The number of benzene rings is 2. The second-order valence-corrected chi connectivity index (χ2v) is 9.36. The standard InChI is InChI=1S/C19H19N5O5S2/c1-3-16(23(31(2,28)29)14-10-7-11-15(12-14)24(26)27)17(25)20-19-22-21-18(30-19)13-8-5-4-6-9-13/h4-12,16H,3H2,1-2H3,(H,20,22,25). The fourth-order valence-electron chi connectivity index (χ4n) is 2.96. The molecule has 2 aromatic carbocycles. The van der Waals surface area contributed by atoms with Crippen molar-refractivity contribution in [2.45, 2.75) is 19.4 Å². The van der Waals surface area contributed by atoms with Crippen molar-refractivity contribution >= 4 is 43.8 Å². The lowest BCUT2D eigenvalue weighted by molar-refractivity contribution is -0.384. The molecule has 162 valence electrons. The van der Waals surface area contributed by atoms with Gasteiger partial charge < -0.3 is 0 Å². The number of hydrogen-bond donors (Lipinski definition) is 1. The molecule has 0 radical (unpaired) electrons. The Balaban J connectivity index is 1.89. The van der Waals surface area contributed by atoms with Crippen LogP contribution in [-0.2, 0) is 14.8 Å². The van der Waals surface area contributed by atoms with E-state index in [0.717, 1.165) is 33.5 Å². The van der Waals surface area contributed by atoms with Crippen molar-refractivity contribution in [3.63, 3.8) is 0 Å². The summed E-state index contributed by atoms with van der Waals surface area (Å²) >= 11 is 1.15. The molecule has 1 unspecified atom stereocenters. The molecule has 0 aliphatic heterocycles. The first-order chi connectivity index (χ1) is 14.7. The molecule has 0 bridgehead atoms. The Morgan fingerprint density at radius 1 is 1.19 bits per heavy atom. The van der Waals surface area contributed by atoms with Gasteiger partial charge in [-0.25, -0.2) is 8.42 Å². The van der Waals surface area contributed by atoms with Gasteiger partial charge in [0, 0.05) is 17.7 Å². The summed E-state index contributed by atoms with van der Waals surface area (Å²) in [5.74, 6) is -0.616. The van der Waals surface area contributed by atoms with Gasteiger partial charge in [0.1, 0.15) is 11.0 Å². The Hall–Kier alpha value is -3.38. The van der Waals surface area contributed by atoms with Crippen LogP contribution < -0.4 is 9.62 Å². The summed E-state index contributed by atoms with van der Waals surface area (Å²) in [6, 6.07) is 13.3. The van der Waals surface area contributed by atoms with Gasteiger partial charge in [0.2, 0.25) is 21.1 Å². The Bertz CT molecular complexity index is 1200. The molecule has 1 amide bonds. The highest BCUT2D eigenvalue weighted by Gasteiger charge is 2.32. The summed E-state index contributed by atoms with van der Waals surface area (Å²) in [6.07, 6.45) is 1.08. The van der Waals surface area contributed by atoms with Crippen LogP contribution in [0.2, 0.25) is 0 Å². The third-order valence-corrected chi connectivity index (χ3v) is 6.37. The van der Waals surface area contributed by atoms with E-state index in [9.17, 15) is 23.3 Å². The zero-order chi connectivity index (χ0) is 22.6. The third-order valence-electron chi connectivity index (χ3n) is 4.30. The lowest BCUT2D eigenvalue weighted by atomic mass is 10.2. The molecule has 1 heterocycles. The minimum absolute atomic E-state index is 0.0286. The molecule has 12 heteroatoms. The van der Waals surface area contributed by atoms with Crippen LogP contribution >= 0.6 is 11.3 Å². The van der Waals surface area contributed by atoms with Crippen molar-refractivity contribution in [2.24, 2.45) is 0 Å². The summed E-state index contributed by atoms with van der Waals surface area (Å²) in [5, 5.41) is 22.5. The van der Waals surface area contributed by atoms with Crippen LogP contribution in [0.3, 0.4) is 0 Å². The SMILES string of the molecule is CCC(C(=O)Nc1nnc(-c2ccccc2)s1)N(c1cccc([N+](=O)[O-])c1)S(C)(=O)=O. The second-order valence-electron chi connectivity index (χ2n) is 6.53. The highest BCUT2D eigenvalue weighted by atomic mass is 32.2. The second kappa shape index (κ2) is 9.18. The average molecular weight is 462 g/mol. The van der Waals surface area contributed by atoms with E-state index in [-0.39, 0.29) is 22.9 Å². The number of hydrogen-bond acceptors (Lipinski definition) is 8. The first-order valence-corrected chi connectivity index (χ1v) is 11.8. The summed E-state index contributed by atoms with van der Waals surface area (Å²) in [4.78, 5) is 23.4. The molecule has 0 spiro atoms. The number of sulfonamides is 1. The predicted molar refractivity (Wildman–Crippen MR) is 118 cm³/mol. The van der Waals surface area contributed by atoms with Gasteiger partial charge in [0.25, 0.3) is 5.69 Å². The summed E-state index contributed by atoms with van der Waals surface area (Å²) < 4.78 is 25.9. The van der Waals surface area contributed by atoms with Gasteiger partial charge >= 0.3 is 0 Å². The minimum atomic E-state index is -3.93. The van der Waals surface area contributed by atoms with Gasteiger partial charge in [-0.3, -0.25) is 24.5 Å². The molecule has 0 aliphatic carbocycles. The number of anilines is 2.